The fourth-order valence-corrected chi connectivity index (χ4v) is 2.41. The van der Waals surface area contributed by atoms with Crippen molar-refractivity contribution in [1.82, 2.24) is 0 Å². The van der Waals surface area contributed by atoms with Gasteiger partial charge in [0.2, 0.25) is 6.29 Å². The van der Waals surface area contributed by atoms with Crippen molar-refractivity contribution in [2.75, 3.05) is 5.75 Å². The molecular weight excluding hydrogens is 340 g/mol. The predicted octanol–water partition coefficient (Wildman–Crippen LogP) is 3.03. The molecule has 0 radical (unpaired) electrons. The summed E-state index contributed by atoms with van der Waals surface area (Å²) < 4.78 is 8.87. The van der Waals surface area contributed by atoms with Crippen molar-refractivity contribution in [2.24, 2.45) is 5.92 Å². The Morgan fingerprint density at radius 1 is 1.17 bits per heavy atom. The van der Waals surface area contributed by atoms with Gasteiger partial charge in [0.1, 0.15) is 11.6 Å². The maximum Gasteiger partial charge on any atom is 0.370 e. The molecule has 0 aliphatic carbocycles. The molecule has 8 heteroatoms. The number of ether oxygens (including phenoxy) is 2. The van der Waals surface area contributed by atoms with E-state index in [9.17, 15) is 19.2 Å². The second kappa shape index (κ2) is 9.97. The Bertz CT molecular complexity index is 455. The van der Waals surface area contributed by atoms with E-state index in [4.69, 9.17) is 9.47 Å². The third kappa shape index (κ3) is 9.65. The Morgan fingerprint density at radius 3 is 2.17 bits per heavy atom. The highest BCUT2D eigenvalue weighted by molar-refractivity contribution is 8.13. The van der Waals surface area contributed by atoms with E-state index in [0.29, 0.717) is 0 Å². The number of Topliss-reactive ketones (excluding diaryl/α,β-unsaturated/α-hetero) is 2. The molecular formula is C15H24O6S2. The first kappa shape index (κ1) is 22.0. The number of carbonyl (C=O) groups is 4. The van der Waals surface area contributed by atoms with Crippen molar-refractivity contribution in [1.29, 1.82) is 0 Å². The summed E-state index contributed by atoms with van der Waals surface area (Å²) in [6.07, 6.45) is -0.786. The van der Waals surface area contributed by atoms with Gasteiger partial charge in [-0.3, -0.25) is 14.4 Å². The zero-order valence-corrected chi connectivity index (χ0v) is 15.8. The first-order valence-corrected chi connectivity index (χ1v) is 8.69. The number of rotatable bonds is 9. The van der Waals surface area contributed by atoms with Gasteiger partial charge in [-0.2, -0.15) is 12.6 Å². The normalized spacial score (nSPS) is 13.8. The summed E-state index contributed by atoms with van der Waals surface area (Å²) in [6.45, 7) is 7.74. The van der Waals surface area contributed by atoms with Crippen LogP contribution in [0.25, 0.3) is 0 Å². The van der Waals surface area contributed by atoms with Gasteiger partial charge in [0, 0.05) is 31.4 Å². The molecule has 0 unspecified atom stereocenters. The molecule has 0 spiro atoms. The monoisotopic (exact) mass is 364 g/mol. The minimum atomic E-state index is -0.990. The average Bonchev–Trinajstić information content (AvgIpc) is 2.41. The number of carbonyl (C=O) groups excluding carboxylic acids is 4. The third-order valence-electron chi connectivity index (χ3n) is 2.94. The molecule has 0 aliphatic rings. The minimum absolute atomic E-state index is 0.0203. The Morgan fingerprint density at radius 2 is 1.74 bits per heavy atom. The van der Waals surface area contributed by atoms with Crippen LogP contribution in [-0.4, -0.2) is 39.6 Å². The molecule has 132 valence electrons. The minimum Gasteiger partial charge on any atom is -0.425 e. The maximum atomic E-state index is 11.9. The summed E-state index contributed by atoms with van der Waals surface area (Å²) in [5, 5.41) is -0.662. The van der Waals surface area contributed by atoms with Crippen LogP contribution in [0.3, 0.4) is 0 Å². The Kier molecular flexibility index (Phi) is 9.53. The predicted molar refractivity (Wildman–Crippen MR) is 91.6 cm³/mol. The molecule has 6 nitrogen and oxygen atoms in total. The average molecular weight is 364 g/mol. The lowest BCUT2D eigenvalue weighted by atomic mass is 9.94. The lowest BCUT2D eigenvalue weighted by molar-refractivity contribution is -0.163. The molecule has 0 amide bonds. The van der Waals surface area contributed by atoms with E-state index in [1.54, 1.807) is 20.8 Å². The lowest BCUT2D eigenvalue weighted by Crippen LogP contribution is -2.30. The molecule has 0 saturated carbocycles. The van der Waals surface area contributed by atoms with Gasteiger partial charge in [-0.25, -0.2) is 4.79 Å². The number of ketones is 2. The first-order valence-electron chi connectivity index (χ1n) is 7.26. The SMILES string of the molecule is CCC(=O)O[C@@H](C)OC(=O)SC[C@H](CC(=O)C(C)(C)S)C(C)=O. The fraction of sp³-hybridized carbons (Fsp3) is 0.733. The molecule has 0 aliphatic heterocycles. The van der Waals surface area contributed by atoms with Gasteiger partial charge in [0.15, 0.2) is 0 Å². The zero-order valence-electron chi connectivity index (χ0n) is 14.1. The number of thioether (sulfide) groups is 1. The third-order valence-corrected chi connectivity index (χ3v) is 4.09. The van der Waals surface area contributed by atoms with Crippen molar-refractivity contribution in [2.45, 2.75) is 58.5 Å². The highest BCUT2D eigenvalue weighted by Gasteiger charge is 2.28. The van der Waals surface area contributed by atoms with Crippen molar-refractivity contribution < 1.29 is 28.7 Å². The zero-order chi connectivity index (χ0) is 18.2. The molecule has 0 fully saturated rings. The molecule has 0 heterocycles. The van der Waals surface area contributed by atoms with Gasteiger partial charge < -0.3 is 9.47 Å². The smallest absolute Gasteiger partial charge is 0.370 e. The fourth-order valence-electron chi connectivity index (χ4n) is 1.42. The number of hydrogen-bond donors (Lipinski definition) is 1. The molecule has 2 atom stereocenters. The van der Waals surface area contributed by atoms with Crippen LogP contribution >= 0.6 is 24.4 Å². The molecule has 0 bridgehead atoms. The summed E-state index contributed by atoms with van der Waals surface area (Å²) in [7, 11) is 0. The topological polar surface area (TPSA) is 86.7 Å². The van der Waals surface area contributed by atoms with Crippen molar-refractivity contribution in [3.05, 3.63) is 0 Å². The van der Waals surface area contributed by atoms with Crippen LogP contribution in [0.2, 0.25) is 0 Å². The number of hydrogen-bond acceptors (Lipinski definition) is 8. The summed E-state index contributed by atoms with van der Waals surface area (Å²) in [5.41, 5.74) is 0. The van der Waals surface area contributed by atoms with Gasteiger partial charge >= 0.3 is 11.3 Å². The highest BCUT2D eigenvalue weighted by Crippen LogP contribution is 2.22. The van der Waals surface area contributed by atoms with E-state index in [1.165, 1.54) is 13.8 Å². The standard InChI is InChI=1S/C15H24O6S2/c1-6-13(18)20-10(3)21-14(19)23-8-11(9(2)16)7-12(17)15(4,5)22/h10-11,22H,6-8H2,1-5H3/t10-,11+/m1/s1. The van der Waals surface area contributed by atoms with Crippen LogP contribution in [0.5, 0.6) is 0 Å². The van der Waals surface area contributed by atoms with Gasteiger partial charge in [-0.05, 0) is 32.5 Å². The molecule has 0 N–H and O–H groups in total. The van der Waals surface area contributed by atoms with Gasteiger partial charge in [-0.1, -0.05) is 6.92 Å². The van der Waals surface area contributed by atoms with Crippen LogP contribution in [0.15, 0.2) is 0 Å². The van der Waals surface area contributed by atoms with Gasteiger partial charge in [0.05, 0.1) is 4.75 Å². The van der Waals surface area contributed by atoms with E-state index in [-0.39, 0.29) is 30.2 Å². The second-order valence-corrected chi connectivity index (χ2v) is 7.66. The lowest BCUT2D eigenvalue weighted by Gasteiger charge is -2.19. The Hall–Kier alpha value is -1.02. The Labute approximate surface area is 146 Å². The summed E-state index contributed by atoms with van der Waals surface area (Å²) in [4.78, 5) is 46.3. The largest absolute Gasteiger partial charge is 0.425 e. The number of thiol groups is 1. The molecule has 0 aromatic carbocycles. The number of esters is 1. The first-order chi connectivity index (χ1) is 10.5. The maximum absolute atomic E-state index is 11.9. The van der Waals surface area contributed by atoms with Crippen LogP contribution in [0.1, 0.15) is 47.5 Å². The van der Waals surface area contributed by atoms with Crippen molar-refractivity contribution >= 4 is 47.2 Å². The molecule has 0 rings (SSSR count). The Balaban J connectivity index is 4.42. The molecule has 23 heavy (non-hydrogen) atoms. The van der Waals surface area contributed by atoms with Crippen LogP contribution in [0.4, 0.5) is 4.79 Å². The van der Waals surface area contributed by atoms with Crippen molar-refractivity contribution in [3.63, 3.8) is 0 Å². The summed E-state index contributed by atoms with van der Waals surface area (Å²) >= 11 is 4.96. The quantitative estimate of drug-likeness (QED) is 0.382. The summed E-state index contributed by atoms with van der Waals surface area (Å²) in [5.74, 6) is -1.28. The molecule has 0 aromatic rings. The van der Waals surface area contributed by atoms with Gasteiger partial charge in [-0.15, -0.1) is 0 Å². The van der Waals surface area contributed by atoms with Gasteiger partial charge in [0.25, 0.3) is 0 Å². The van der Waals surface area contributed by atoms with Crippen LogP contribution < -0.4 is 0 Å². The highest BCUT2D eigenvalue weighted by atomic mass is 32.2. The van der Waals surface area contributed by atoms with E-state index in [0.717, 1.165) is 11.8 Å². The molecule has 0 saturated heterocycles. The van der Waals surface area contributed by atoms with Crippen molar-refractivity contribution in [3.8, 4) is 0 Å². The molecule has 0 aromatic heterocycles. The second-order valence-electron chi connectivity index (χ2n) is 5.58. The van der Waals surface area contributed by atoms with E-state index < -0.39 is 28.2 Å². The van der Waals surface area contributed by atoms with Crippen LogP contribution in [-0.2, 0) is 23.9 Å². The summed E-state index contributed by atoms with van der Waals surface area (Å²) in [6, 6.07) is 0. The van der Waals surface area contributed by atoms with E-state index >= 15 is 0 Å². The van der Waals surface area contributed by atoms with Crippen LogP contribution in [0, 0.1) is 5.92 Å². The van der Waals surface area contributed by atoms with E-state index in [2.05, 4.69) is 12.6 Å². The van der Waals surface area contributed by atoms with E-state index in [1.807, 2.05) is 0 Å².